The number of nitrogens with zero attached hydrogens (tertiary/aromatic N) is 1. The van der Waals surface area contributed by atoms with Gasteiger partial charge in [-0.05, 0) is 25.8 Å². The van der Waals surface area contributed by atoms with Gasteiger partial charge >= 0.3 is 0 Å². The maximum absolute atomic E-state index is 13.7. The van der Waals surface area contributed by atoms with E-state index in [4.69, 9.17) is 4.74 Å². The van der Waals surface area contributed by atoms with Crippen molar-refractivity contribution in [2.75, 3.05) is 13.2 Å². The van der Waals surface area contributed by atoms with Gasteiger partial charge in [0.05, 0.1) is 28.7 Å². The Bertz CT molecular complexity index is 541. The topological polar surface area (TPSA) is 81.5 Å². The Labute approximate surface area is 115 Å². The van der Waals surface area contributed by atoms with Gasteiger partial charge in [0.15, 0.2) is 0 Å². The number of hydrogen-bond donors (Lipinski definition) is 1. The first kappa shape index (κ1) is 14.4. The van der Waals surface area contributed by atoms with Crippen LogP contribution in [0.5, 0.6) is 0 Å². The van der Waals surface area contributed by atoms with Gasteiger partial charge in [0.25, 0.3) is 11.6 Å². The molecule has 0 bridgehead atoms. The second kappa shape index (κ2) is 5.54. The van der Waals surface area contributed by atoms with E-state index in [0.29, 0.717) is 13.2 Å². The van der Waals surface area contributed by atoms with Crippen molar-refractivity contribution in [1.29, 1.82) is 0 Å². The third-order valence-corrected chi connectivity index (χ3v) is 3.26. The summed E-state index contributed by atoms with van der Waals surface area (Å²) in [5, 5.41) is 13.3. The van der Waals surface area contributed by atoms with E-state index in [0.717, 1.165) is 31.0 Å². The molecule has 1 aliphatic rings. The molecule has 0 spiro atoms. The molecule has 7 heteroatoms. The molecule has 108 valence electrons. The van der Waals surface area contributed by atoms with Crippen LogP contribution < -0.4 is 5.32 Å². The van der Waals surface area contributed by atoms with Gasteiger partial charge in [0.1, 0.15) is 5.82 Å². The molecule has 1 atom stereocenters. The smallest absolute Gasteiger partial charge is 0.272 e. The van der Waals surface area contributed by atoms with Gasteiger partial charge in [-0.2, -0.15) is 0 Å². The zero-order valence-electron chi connectivity index (χ0n) is 11.0. The van der Waals surface area contributed by atoms with Crippen LogP contribution in [-0.4, -0.2) is 29.6 Å². The van der Waals surface area contributed by atoms with Gasteiger partial charge in [-0.3, -0.25) is 14.9 Å². The van der Waals surface area contributed by atoms with Gasteiger partial charge in [-0.25, -0.2) is 4.39 Å². The molecule has 1 aromatic rings. The predicted octanol–water partition coefficient (Wildman–Crippen LogP) is 2.03. The summed E-state index contributed by atoms with van der Waals surface area (Å²) in [6, 6.07) is 2.97. The van der Waals surface area contributed by atoms with Crippen molar-refractivity contribution in [1.82, 2.24) is 5.32 Å². The first-order valence-electron chi connectivity index (χ1n) is 6.25. The van der Waals surface area contributed by atoms with Gasteiger partial charge < -0.3 is 10.1 Å². The maximum atomic E-state index is 13.7. The molecule has 1 saturated heterocycles. The van der Waals surface area contributed by atoms with E-state index in [-0.39, 0.29) is 11.3 Å². The third kappa shape index (κ3) is 3.11. The van der Waals surface area contributed by atoms with Crippen LogP contribution in [0.2, 0.25) is 0 Å². The van der Waals surface area contributed by atoms with Crippen molar-refractivity contribution in [2.24, 2.45) is 0 Å². The average Bonchev–Trinajstić information content (AvgIpc) is 2.38. The molecule has 20 heavy (non-hydrogen) atoms. The number of nitro groups is 1. The second-order valence-corrected chi connectivity index (χ2v) is 5.09. The fourth-order valence-corrected chi connectivity index (χ4v) is 2.18. The number of hydrogen-bond acceptors (Lipinski definition) is 4. The normalized spacial score (nSPS) is 22.3. The molecule has 1 unspecified atom stereocenters. The molecule has 1 amide bonds. The molecule has 6 nitrogen and oxygen atoms in total. The van der Waals surface area contributed by atoms with Crippen LogP contribution in [0, 0.1) is 15.9 Å². The highest BCUT2D eigenvalue weighted by Crippen LogP contribution is 2.21. The molecule has 2 rings (SSSR count). The van der Waals surface area contributed by atoms with Crippen molar-refractivity contribution in [3.05, 3.63) is 39.7 Å². The minimum atomic E-state index is -0.906. The average molecular weight is 282 g/mol. The van der Waals surface area contributed by atoms with Gasteiger partial charge in [-0.1, -0.05) is 0 Å². The number of non-ortho nitro benzene ring substituents is 1. The lowest BCUT2D eigenvalue weighted by molar-refractivity contribution is -0.385. The quantitative estimate of drug-likeness (QED) is 0.679. The van der Waals surface area contributed by atoms with Crippen LogP contribution in [0.1, 0.15) is 30.1 Å². The van der Waals surface area contributed by atoms with Crippen molar-refractivity contribution >= 4 is 11.6 Å². The van der Waals surface area contributed by atoms with Crippen LogP contribution in [0.3, 0.4) is 0 Å². The zero-order valence-corrected chi connectivity index (χ0v) is 11.0. The first-order chi connectivity index (χ1) is 9.41. The fourth-order valence-electron chi connectivity index (χ4n) is 2.18. The fraction of sp³-hybridized carbons (Fsp3) is 0.462. The molecule has 0 saturated carbocycles. The number of ether oxygens (including phenoxy) is 1. The van der Waals surface area contributed by atoms with E-state index in [1.165, 1.54) is 0 Å². The number of nitrogens with one attached hydrogen (secondary N) is 1. The number of amides is 1. The molecule has 0 radical (unpaired) electrons. The number of halogens is 1. The van der Waals surface area contributed by atoms with Crippen LogP contribution in [0.15, 0.2) is 18.2 Å². The Balaban J connectivity index is 2.15. The summed E-state index contributed by atoms with van der Waals surface area (Å²) in [6.45, 7) is 2.85. The Kier molecular flexibility index (Phi) is 3.99. The van der Waals surface area contributed by atoms with Gasteiger partial charge in [0, 0.05) is 12.7 Å². The number of rotatable bonds is 3. The Morgan fingerprint density at radius 3 is 2.85 bits per heavy atom. The highest BCUT2D eigenvalue weighted by molar-refractivity contribution is 5.95. The molecule has 1 N–H and O–H groups in total. The molecular weight excluding hydrogens is 267 g/mol. The molecule has 1 heterocycles. The Hall–Kier alpha value is -2.02. The Morgan fingerprint density at radius 2 is 2.30 bits per heavy atom. The number of nitro benzene ring substituents is 1. The summed E-state index contributed by atoms with van der Waals surface area (Å²) in [7, 11) is 0. The maximum Gasteiger partial charge on any atom is 0.272 e. The van der Waals surface area contributed by atoms with Crippen molar-refractivity contribution < 1.29 is 18.8 Å². The lowest BCUT2D eigenvalue weighted by Crippen LogP contribution is -2.51. The number of benzene rings is 1. The van der Waals surface area contributed by atoms with E-state index in [1.54, 1.807) is 0 Å². The highest BCUT2D eigenvalue weighted by Gasteiger charge is 2.30. The highest BCUT2D eigenvalue weighted by atomic mass is 19.1. The van der Waals surface area contributed by atoms with E-state index in [1.807, 2.05) is 6.92 Å². The first-order valence-corrected chi connectivity index (χ1v) is 6.25. The monoisotopic (exact) mass is 282 g/mol. The van der Waals surface area contributed by atoms with Crippen molar-refractivity contribution in [2.45, 2.75) is 25.3 Å². The zero-order chi connectivity index (χ0) is 14.8. The van der Waals surface area contributed by atoms with Crippen molar-refractivity contribution in [3.8, 4) is 0 Å². The minimum Gasteiger partial charge on any atom is -0.379 e. The third-order valence-electron chi connectivity index (χ3n) is 3.26. The lowest BCUT2D eigenvalue weighted by Gasteiger charge is -2.34. The van der Waals surface area contributed by atoms with E-state index < -0.39 is 22.2 Å². The SMILES string of the molecule is CC1(NC(=O)c2ccc([N+](=O)[O-])cc2F)CCCOC1. The number of carbonyl (C=O) groups is 1. The lowest BCUT2D eigenvalue weighted by atomic mass is 9.94. The second-order valence-electron chi connectivity index (χ2n) is 5.09. The molecule has 1 aliphatic heterocycles. The summed E-state index contributed by atoms with van der Waals surface area (Å²) in [5.74, 6) is -1.50. The van der Waals surface area contributed by atoms with Gasteiger partial charge in [-0.15, -0.1) is 0 Å². The van der Waals surface area contributed by atoms with E-state index in [2.05, 4.69) is 5.32 Å². The summed E-state index contributed by atoms with van der Waals surface area (Å²) >= 11 is 0. The molecule has 0 aliphatic carbocycles. The largest absolute Gasteiger partial charge is 0.379 e. The molecule has 1 aromatic carbocycles. The predicted molar refractivity (Wildman–Crippen MR) is 69.0 cm³/mol. The summed E-state index contributed by atoms with van der Waals surface area (Å²) < 4.78 is 19.0. The van der Waals surface area contributed by atoms with E-state index in [9.17, 15) is 19.3 Å². The van der Waals surface area contributed by atoms with Crippen LogP contribution in [0.25, 0.3) is 0 Å². The van der Waals surface area contributed by atoms with Gasteiger partial charge in [0.2, 0.25) is 0 Å². The standard InChI is InChI=1S/C13H15FN2O4/c1-13(5-2-6-20-8-13)15-12(17)10-4-3-9(16(18)19)7-11(10)14/h3-4,7H,2,5-6,8H2,1H3,(H,15,17). The molecule has 0 aromatic heterocycles. The summed E-state index contributed by atoms with van der Waals surface area (Å²) in [5.41, 5.74) is -1.13. The van der Waals surface area contributed by atoms with Crippen LogP contribution in [0.4, 0.5) is 10.1 Å². The van der Waals surface area contributed by atoms with Crippen LogP contribution >= 0.6 is 0 Å². The van der Waals surface area contributed by atoms with Crippen molar-refractivity contribution in [3.63, 3.8) is 0 Å². The van der Waals surface area contributed by atoms with Crippen LogP contribution in [-0.2, 0) is 4.74 Å². The minimum absolute atomic E-state index is 0.206. The van der Waals surface area contributed by atoms with E-state index >= 15 is 0 Å². The summed E-state index contributed by atoms with van der Waals surface area (Å²) in [6.07, 6.45) is 1.56. The number of carbonyl (C=O) groups excluding carboxylic acids is 1. The molecule has 1 fully saturated rings. The Morgan fingerprint density at radius 1 is 1.55 bits per heavy atom. The summed E-state index contributed by atoms with van der Waals surface area (Å²) in [4.78, 5) is 21.9. The molecular formula is C13H15FN2O4.